The van der Waals surface area contributed by atoms with Gasteiger partial charge in [0.15, 0.2) is 0 Å². The van der Waals surface area contributed by atoms with E-state index in [9.17, 15) is 9.59 Å². The second kappa shape index (κ2) is 7.07. The lowest BCUT2D eigenvalue weighted by Crippen LogP contribution is -2.41. The topological polar surface area (TPSA) is 57.6 Å². The number of carboxylic acids is 1. The second-order valence-corrected chi connectivity index (χ2v) is 6.35. The summed E-state index contributed by atoms with van der Waals surface area (Å²) in [5.74, 6) is -1.13. The Labute approximate surface area is 133 Å². The molecule has 1 aromatic rings. The summed E-state index contributed by atoms with van der Waals surface area (Å²) in [4.78, 5) is 25.2. The lowest BCUT2D eigenvalue weighted by atomic mass is 9.95. The molecule has 2 rings (SSSR count). The molecule has 1 atom stereocenters. The molecule has 0 bridgehead atoms. The van der Waals surface area contributed by atoms with E-state index in [1.165, 1.54) is 0 Å². The highest BCUT2D eigenvalue weighted by molar-refractivity contribution is 9.10. The smallest absolute Gasteiger partial charge is 0.323 e. The first kappa shape index (κ1) is 16.0. The van der Waals surface area contributed by atoms with Gasteiger partial charge in [0.05, 0.1) is 0 Å². The molecule has 21 heavy (non-hydrogen) atoms. The number of rotatable bonds is 7. The number of halogens is 1. The molecule has 1 unspecified atom stereocenters. The van der Waals surface area contributed by atoms with Crippen LogP contribution in [0.1, 0.15) is 31.7 Å². The molecular formula is C16H20BrNO3. The van der Waals surface area contributed by atoms with Gasteiger partial charge < -0.3 is 10.0 Å². The Bertz CT molecular complexity index is 528. The van der Waals surface area contributed by atoms with Crippen LogP contribution in [0.3, 0.4) is 0 Å². The van der Waals surface area contributed by atoms with E-state index in [-0.39, 0.29) is 24.4 Å². The molecule has 1 amide bonds. The fraction of sp³-hybridized carbons (Fsp3) is 0.500. The first-order chi connectivity index (χ1) is 10.0. The minimum atomic E-state index is -0.939. The van der Waals surface area contributed by atoms with Crippen molar-refractivity contribution in [3.63, 3.8) is 0 Å². The maximum Gasteiger partial charge on any atom is 0.323 e. The van der Waals surface area contributed by atoms with Crippen LogP contribution in [0.5, 0.6) is 0 Å². The highest BCUT2D eigenvalue weighted by Crippen LogP contribution is 2.30. The monoisotopic (exact) mass is 353 g/mol. The van der Waals surface area contributed by atoms with Crippen molar-refractivity contribution in [1.82, 2.24) is 4.90 Å². The van der Waals surface area contributed by atoms with Gasteiger partial charge in [-0.15, -0.1) is 0 Å². The van der Waals surface area contributed by atoms with E-state index in [1.807, 2.05) is 31.2 Å². The quantitative estimate of drug-likeness (QED) is 0.819. The van der Waals surface area contributed by atoms with Crippen LogP contribution in [-0.2, 0) is 16.0 Å². The van der Waals surface area contributed by atoms with Gasteiger partial charge in [-0.05, 0) is 37.3 Å². The molecule has 1 aliphatic rings. The number of aliphatic carboxylic acids is 1. The molecule has 4 nitrogen and oxygen atoms in total. The summed E-state index contributed by atoms with van der Waals surface area (Å²) in [6.07, 6.45) is 3.19. The lowest BCUT2D eigenvalue weighted by molar-refractivity contribution is -0.146. The number of benzene rings is 1. The molecule has 1 fully saturated rings. The van der Waals surface area contributed by atoms with Gasteiger partial charge >= 0.3 is 5.97 Å². The minimum Gasteiger partial charge on any atom is -0.480 e. The third-order valence-electron chi connectivity index (χ3n) is 3.84. The van der Waals surface area contributed by atoms with Crippen LogP contribution in [0, 0.1) is 5.92 Å². The maximum absolute atomic E-state index is 12.7. The highest BCUT2D eigenvalue weighted by atomic mass is 79.9. The first-order valence-electron chi connectivity index (χ1n) is 7.28. The van der Waals surface area contributed by atoms with E-state index in [1.54, 1.807) is 4.90 Å². The van der Waals surface area contributed by atoms with Gasteiger partial charge in [0, 0.05) is 16.4 Å². The summed E-state index contributed by atoms with van der Waals surface area (Å²) in [7, 11) is 0. The summed E-state index contributed by atoms with van der Waals surface area (Å²) in [6.45, 7) is 1.79. The van der Waals surface area contributed by atoms with Crippen molar-refractivity contribution in [2.45, 2.75) is 38.6 Å². The molecule has 1 aliphatic carbocycles. The summed E-state index contributed by atoms with van der Waals surface area (Å²) in [5, 5.41) is 9.00. The predicted octanol–water partition coefficient (Wildman–Crippen LogP) is 3.09. The predicted molar refractivity (Wildman–Crippen MR) is 84.0 cm³/mol. The average Bonchev–Trinajstić information content (AvgIpc) is 3.27. The van der Waals surface area contributed by atoms with E-state index in [0.717, 1.165) is 22.9 Å². The minimum absolute atomic E-state index is 0.0295. The molecule has 0 aliphatic heterocycles. The standard InChI is InChI=1S/C16H20BrNO3/c1-2-11(9-12-5-3-4-6-14(12)17)16(21)18(10-15(19)20)13-7-8-13/h3-6,11,13H,2,7-10H2,1H3,(H,19,20). The van der Waals surface area contributed by atoms with Gasteiger partial charge in [-0.3, -0.25) is 9.59 Å². The van der Waals surface area contributed by atoms with Crippen molar-refractivity contribution in [3.8, 4) is 0 Å². The number of amides is 1. The van der Waals surface area contributed by atoms with Crippen molar-refractivity contribution < 1.29 is 14.7 Å². The average molecular weight is 354 g/mol. The Hall–Kier alpha value is -1.36. The Morgan fingerprint density at radius 1 is 1.38 bits per heavy atom. The Kier molecular flexibility index (Phi) is 5.39. The Morgan fingerprint density at radius 2 is 2.05 bits per heavy atom. The zero-order valence-corrected chi connectivity index (χ0v) is 13.7. The number of carboxylic acid groups (broad SMARTS) is 1. The molecule has 114 valence electrons. The number of nitrogens with zero attached hydrogens (tertiary/aromatic N) is 1. The molecule has 0 aromatic heterocycles. The van der Waals surface area contributed by atoms with Gasteiger partial charge in [-0.25, -0.2) is 0 Å². The lowest BCUT2D eigenvalue weighted by Gasteiger charge is -2.25. The van der Waals surface area contributed by atoms with Crippen LogP contribution in [0.15, 0.2) is 28.7 Å². The van der Waals surface area contributed by atoms with Crippen LogP contribution < -0.4 is 0 Å². The van der Waals surface area contributed by atoms with Gasteiger partial charge in [-0.2, -0.15) is 0 Å². The van der Waals surface area contributed by atoms with Gasteiger partial charge in [0.2, 0.25) is 5.91 Å². The summed E-state index contributed by atoms with van der Waals surface area (Å²) >= 11 is 3.50. The molecule has 0 saturated heterocycles. The molecule has 0 heterocycles. The van der Waals surface area contributed by atoms with Gasteiger partial charge in [-0.1, -0.05) is 41.1 Å². The molecule has 1 N–H and O–H groups in total. The Morgan fingerprint density at radius 3 is 2.57 bits per heavy atom. The van der Waals surface area contributed by atoms with Crippen molar-refractivity contribution >= 4 is 27.8 Å². The number of carbonyl (C=O) groups excluding carboxylic acids is 1. The van der Waals surface area contributed by atoms with Crippen LogP contribution in [0.4, 0.5) is 0 Å². The molecule has 5 heteroatoms. The normalized spacial score (nSPS) is 15.5. The van der Waals surface area contributed by atoms with Crippen LogP contribution >= 0.6 is 15.9 Å². The van der Waals surface area contributed by atoms with Crippen molar-refractivity contribution in [3.05, 3.63) is 34.3 Å². The number of carbonyl (C=O) groups is 2. The fourth-order valence-electron chi connectivity index (χ4n) is 2.49. The van der Waals surface area contributed by atoms with Crippen molar-refractivity contribution in [1.29, 1.82) is 0 Å². The molecule has 0 spiro atoms. The van der Waals surface area contributed by atoms with Crippen LogP contribution in [0.25, 0.3) is 0 Å². The highest BCUT2D eigenvalue weighted by Gasteiger charge is 2.36. The van der Waals surface area contributed by atoms with Gasteiger partial charge in [0.1, 0.15) is 6.54 Å². The number of hydrogen-bond acceptors (Lipinski definition) is 2. The van der Waals surface area contributed by atoms with Gasteiger partial charge in [0.25, 0.3) is 0 Å². The molecule has 0 radical (unpaired) electrons. The summed E-state index contributed by atoms with van der Waals surface area (Å²) in [5.41, 5.74) is 1.09. The zero-order valence-electron chi connectivity index (χ0n) is 12.1. The SMILES string of the molecule is CCC(Cc1ccccc1Br)C(=O)N(CC(=O)O)C1CC1. The van der Waals surface area contributed by atoms with Crippen molar-refractivity contribution in [2.75, 3.05) is 6.54 Å². The van der Waals surface area contributed by atoms with Crippen LogP contribution in [-0.4, -0.2) is 34.5 Å². The maximum atomic E-state index is 12.7. The molecule has 1 saturated carbocycles. The first-order valence-corrected chi connectivity index (χ1v) is 8.08. The molecular weight excluding hydrogens is 334 g/mol. The third-order valence-corrected chi connectivity index (χ3v) is 4.62. The van der Waals surface area contributed by atoms with E-state index in [2.05, 4.69) is 15.9 Å². The van der Waals surface area contributed by atoms with E-state index in [4.69, 9.17) is 5.11 Å². The second-order valence-electron chi connectivity index (χ2n) is 5.49. The van der Waals surface area contributed by atoms with E-state index in [0.29, 0.717) is 12.8 Å². The third kappa shape index (κ3) is 4.30. The largest absolute Gasteiger partial charge is 0.480 e. The van der Waals surface area contributed by atoms with Crippen molar-refractivity contribution in [2.24, 2.45) is 5.92 Å². The summed E-state index contributed by atoms with van der Waals surface area (Å²) < 4.78 is 0.993. The molecule has 1 aromatic carbocycles. The zero-order chi connectivity index (χ0) is 15.4. The van der Waals surface area contributed by atoms with E-state index < -0.39 is 5.97 Å². The fourth-order valence-corrected chi connectivity index (χ4v) is 2.94. The van der Waals surface area contributed by atoms with Crippen LogP contribution in [0.2, 0.25) is 0 Å². The summed E-state index contributed by atoms with van der Waals surface area (Å²) in [6, 6.07) is 7.98. The number of hydrogen-bond donors (Lipinski definition) is 1. The Balaban J connectivity index is 2.10. The van der Waals surface area contributed by atoms with E-state index >= 15 is 0 Å².